The third-order valence-electron chi connectivity index (χ3n) is 8.68. The highest BCUT2D eigenvalue weighted by molar-refractivity contribution is 7.05. The molecule has 5 N–H and O–H groups in total. The van der Waals surface area contributed by atoms with E-state index in [0.29, 0.717) is 35.1 Å². The monoisotopic (exact) mass is 1040 g/mol. The first-order valence-corrected chi connectivity index (χ1v) is 24.4. The van der Waals surface area contributed by atoms with Crippen LogP contribution in [0.1, 0.15) is 212 Å². The van der Waals surface area contributed by atoms with Gasteiger partial charge in [0.2, 0.25) is 17.2 Å². The van der Waals surface area contributed by atoms with E-state index in [9.17, 15) is 19.2 Å². The molecule has 404 valence electrons. The average Bonchev–Trinajstić information content (AvgIpc) is 4.15. The number of H-pyrrole nitrogens is 2. The molecular weight excluding hydrogens is 947 g/mol. The lowest BCUT2D eigenvalue weighted by molar-refractivity contribution is -0.124. The first-order valence-electron chi connectivity index (χ1n) is 22.9. The molecule has 6 heterocycles. The van der Waals surface area contributed by atoms with Crippen molar-refractivity contribution in [3.8, 4) is 5.75 Å². The summed E-state index contributed by atoms with van der Waals surface area (Å²) in [7, 11) is 3.28. The number of carbonyl (C=O) groups is 2. The summed E-state index contributed by atoms with van der Waals surface area (Å²) < 4.78 is 26.4. The van der Waals surface area contributed by atoms with Crippen LogP contribution in [0.15, 0.2) is 54.0 Å². The predicted octanol–water partition coefficient (Wildman–Crippen LogP) is 11.6. The van der Waals surface area contributed by atoms with Crippen molar-refractivity contribution in [1.82, 2.24) is 54.2 Å². The zero-order chi connectivity index (χ0) is 53.6. The molecule has 6 aromatic rings. The topological polar surface area (TPSA) is 274 Å². The van der Waals surface area contributed by atoms with Gasteiger partial charge in [0.1, 0.15) is 24.2 Å². The van der Waals surface area contributed by atoms with Crippen LogP contribution in [0, 0.1) is 32.6 Å². The number of amides is 2. The van der Waals surface area contributed by atoms with Gasteiger partial charge in [0.25, 0.3) is 0 Å². The Balaban J connectivity index is -0.000000361. The number of rotatable bonds is 8. The van der Waals surface area contributed by atoms with Crippen LogP contribution in [-0.2, 0) is 9.59 Å². The van der Waals surface area contributed by atoms with Gasteiger partial charge in [0, 0.05) is 60.2 Å². The van der Waals surface area contributed by atoms with Crippen LogP contribution in [0.2, 0.25) is 0 Å². The molecule has 0 aliphatic rings. The van der Waals surface area contributed by atoms with E-state index in [1.54, 1.807) is 25.6 Å². The molecule has 6 rings (SSSR count). The molecule has 0 aliphatic heterocycles. The number of nitrogens with zero attached hydrogens (tertiary/aromatic N) is 7. The van der Waals surface area contributed by atoms with Gasteiger partial charge in [-0.3, -0.25) is 29.0 Å². The Kier molecular flexibility index (Phi) is 39.3. The molecule has 6 aromatic heterocycles. The third kappa shape index (κ3) is 31.9. The van der Waals surface area contributed by atoms with Crippen molar-refractivity contribution in [1.29, 1.82) is 0 Å². The van der Waals surface area contributed by atoms with Crippen molar-refractivity contribution in [3.05, 3.63) is 102 Å². The minimum Gasteiger partial charge on any atom is -0.502 e. The number of aromatic nitrogens is 9. The Hall–Kier alpha value is -5.83. The van der Waals surface area contributed by atoms with E-state index >= 15 is 0 Å². The second kappa shape index (κ2) is 38.9. The van der Waals surface area contributed by atoms with Gasteiger partial charge in [-0.05, 0) is 56.1 Å². The Bertz CT molecular complexity index is 2290. The Labute approximate surface area is 431 Å². The predicted molar refractivity (Wildman–Crippen MR) is 289 cm³/mol. The molecule has 0 fully saturated rings. The maximum atomic E-state index is 11.1. The molecule has 2 amide bonds. The molecule has 0 atom stereocenters. The van der Waals surface area contributed by atoms with E-state index in [-0.39, 0.29) is 61.5 Å². The van der Waals surface area contributed by atoms with E-state index in [1.807, 2.05) is 82.2 Å². The first-order chi connectivity index (χ1) is 32.1. The summed E-state index contributed by atoms with van der Waals surface area (Å²) in [5.74, 6) is 4.49. The molecule has 0 aliphatic carbocycles. The minimum atomic E-state index is -0.487. The summed E-state index contributed by atoms with van der Waals surface area (Å²) in [6.45, 7) is 37.9. The standard InChI is InChI=1S/C8H10O3.C7H11NO.C7H11NS.C6H10N2S.C5H9N3.C5H8N2O2.2C5H11NO.2CH4/c1-5(2)6-3-11-4-7(9)8(6)10;2*1-5(2)7-4-6(3)8-9-7;1-4(2)6-5(3)7-9-8-6;1-4(2)5-6-3-7-8-5;1-3(2)4-6-5(8)9-7-4;2*1-4(2)5(7)6-3;;/h3-5,9H,1-2H3;2*4-5H,1-3H3;4H,1-3H3;3-4H,1-2H3,(H,6,7,8);3H,1-2H3,(H,6,7,8);2*4H,1-3H3,(H,6,7);2*1H4. The van der Waals surface area contributed by atoms with Crippen molar-refractivity contribution in [2.75, 3.05) is 14.1 Å². The third-order valence-corrected chi connectivity index (χ3v) is 10.5. The van der Waals surface area contributed by atoms with Gasteiger partial charge in [-0.15, -0.1) is 0 Å². The van der Waals surface area contributed by atoms with Crippen LogP contribution in [-0.4, -0.2) is 74.6 Å². The molecule has 0 aromatic carbocycles. The lowest BCUT2D eigenvalue weighted by atomic mass is 10.1. The number of aromatic amines is 2. The van der Waals surface area contributed by atoms with E-state index in [2.05, 4.69) is 120 Å². The summed E-state index contributed by atoms with van der Waals surface area (Å²) in [4.78, 5) is 50.0. The van der Waals surface area contributed by atoms with E-state index in [0.717, 1.165) is 40.6 Å². The normalized spacial score (nSPS) is 9.99. The summed E-state index contributed by atoms with van der Waals surface area (Å²) in [5, 5.41) is 27.7. The van der Waals surface area contributed by atoms with Gasteiger partial charge in [-0.2, -0.15) is 18.2 Å². The van der Waals surface area contributed by atoms with Gasteiger partial charge in [0.15, 0.2) is 11.6 Å². The van der Waals surface area contributed by atoms with E-state index in [4.69, 9.17) is 14.0 Å². The lowest BCUT2D eigenvalue weighted by Crippen LogP contribution is -2.22. The summed E-state index contributed by atoms with van der Waals surface area (Å²) in [6, 6.07) is 4.11. The van der Waals surface area contributed by atoms with Gasteiger partial charge in [0.05, 0.1) is 40.8 Å². The zero-order valence-electron chi connectivity index (χ0n) is 44.8. The maximum absolute atomic E-state index is 11.1. The maximum Gasteiger partial charge on any atom is 0.438 e. The van der Waals surface area contributed by atoms with Gasteiger partial charge < -0.3 is 24.7 Å². The number of nitrogens with one attached hydrogen (secondary N) is 4. The Morgan fingerprint density at radius 3 is 1.41 bits per heavy atom. The molecule has 71 heavy (non-hydrogen) atoms. The molecule has 0 spiro atoms. The second-order valence-corrected chi connectivity index (χ2v) is 19.2. The molecule has 0 saturated heterocycles. The SMILES string of the molecule is C.C.CC(C)c1cocc(O)c1=O.CC(C)c1ncn[nH]1.CC(C)c1noc(=O)[nH]1.CNC(=O)C(C)C.CNC(=O)C(C)C.Cc1cc(C(C)C)on1.Cc1cc(C(C)C)sn1.Cc1nsnc1C(C)C. The largest absolute Gasteiger partial charge is 0.502 e. The smallest absolute Gasteiger partial charge is 0.438 e. The summed E-state index contributed by atoms with van der Waals surface area (Å²) in [6.07, 6.45) is 3.93. The average molecular weight is 1040 g/mol. The van der Waals surface area contributed by atoms with Crippen molar-refractivity contribution in [2.24, 2.45) is 11.8 Å². The molecule has 0 saturated carbocycles. The van der Waals surface area contributed by atoms with Crippen molar-refractivity contribution in [2.45, 2.75) is 182 Å². The fourth-order valence-corrected chi connectivity index (χ4v) is 5.88. The number of hydrogen-bond donors (Lipinski definition) is 5. The molecule has 0 radical (unpaired) electrons. The molecule has 19 nitrogen and oxygen atoms in total. The van der Waals surface area contributed by atoms with Crippen LogP contribution < -0.4 is 21.8 Å². The summed E-state index contributed by atoms with van der Waals surface area (Å²) in [5.41, 5.74) is 4.48. The van der Waals surface area contributed by atoms with E-state index in [1.165, 1.54) is 29.2 Å². The Morgan fingerprint density at radius 1 is 0.648 bits per heavy atom. The lowest BCUT2D eigenvalue weighted by Gasteiger charge is -2.01. The van der Waals surface area contributed by atoms with Crippen LogP contribution in [0.5, 0.6) is 5.75 Å². The molecule has 21 heteroatoms. The van der Waals surface area contributed by atoms with Crippen LogP contribution in [0.3, 0.4) is 0 Å². The highest BCUT2D eigenvalue weighted by atomic mass is 32.1. The van der Waals surface area contributed by atoms with Gasteiger partial charge in [-0.25, -0.2) is 9.78 Å². The highest BCUT2D eigenvalue weighted by Gasteiger charge is 2.09. The van der Waals surface area contributed by atoms with Gasteiger partial charge >= 0.3 is 5.76 Å². The van der Waals surface area contributed by atoms with Crippen molar-refractivity contribution in [3.63, 3.8) is 0 Å². The molecule has 0 bridgehead atoms. The van der Waals surface area contributed by atoms with Crippen molar-refractivity contribution < 1.29 is 28.2 Å². The van der Waals surface area contributed by atoms with E-state index < -0.39 is 5.76 Å². The van der Waals surface area contributed by atoms with Gasteiger partial charge in [-0.1, -0.05) is 136 Å². The minimum absolute atomic E-state index is 0. The van der Waals surface area contributed by atoms with Crippen LogP contribution >= 0.6 is 23.3 Å². The van der Waals surface area contributed by atoms with Crippen LogP contribution in [0.4, 0.5) is 0 Å². The zero-order valence-corrected chi connectivity index (χ0v) is 46.4. The number of hydrogen-bond acceptors (Lipinski definition) is 17. The van der Waals surface area contributed by atoms with Crippen molar-refractivity contribution >= 4 is 35.1 Å². The quantitative estimate of drug-likeness (QED) is 0.0948. The second-order valence-electron chi connectivity index (χ2n) is 17.8. The first kappa shape index (κ1) is 71.7. The highest BCUT2D eigenvalue weighted by Crippen LogP contribution is 2.19. The summed E-state index contributed by atoms with van der Waals surface area (Å²) >= 11 is 2.90. The fourth-order valence-electron chi connectivity index (χ4n) is 4.46. The fraction of sp³-hybridized carbons (Fsp3) is 0.620. The Morgan fingerprint density at radius 2 is 1.20 bits per heavy atom. The number of aromatic hydroxyl groups is 1. The molecular formula is C50H89N11O8S2. The number of aryl methyl sites for hydroxylation is 3. The van der Waals surface area contributed by atoms with Crippen LogP contribution in [0.25, 0.3) is 0 Å². The number of carbonyl (C=O) groups excluding carboxylic acids is 2. The molecule has 0 unspecified atom stereocenters.